The number of carboxylic acid groups (broad SMARTS) is 1. The van der Waals surface area contributed by atoms with Gasteiger partial charge in [0.2, 0.25) is 5.91 Å². The van der Waals surface area contributed by atoms with Gasteiger partial charge in [-0.3, -0.25) is 19.3 Å². The largest absolute Gasteiger partial charge is 0.481 e. The predicted molar refractivity (Wildman–Crippen MR) is 74.2 cm³/mol. The van der Waals surface area contributed by atoms with E-state index in [4.69, 9.17) is 5.11 Å². The van der Waals surface area contributed by atoms with Crippen molar-refractivity contribution < 1.29 is 19.5 Å². The fourth-order valence-corrected chi connectivity index (χ4v) is 2.50. The lowest BCUT2D eigenvalue weighted by atomic mass is 9.97. The summed E-state index contributed by atoms with van der Waals surface area (Å²) >= 11 is 0. The molecule has 6 nitrogen and oxygen atoms in total. The summed E-state index contributed by atoms with van der Waals surface area (Å²) in [7, 11) is 0. The highest BCUT2D eigenvalue weighted by atomic mass is 16.4. The number of Topliss-reactive ketones (excluding diaryl/α,β-unsaturated/α-hetero) is 1. The molecule has 1 fully saturated rings. The average Bonchev–Trinajstić information content (AvgIpc) is 2.35. The van der Waals surface area contributed by atoms with Gasteiger partial charge in [0.15, 0.2) is 5.78 Å². The normalized spacial score (nSPS) is 18.8. The van der Waals surface area contributed by atoms with E-state index in [2.05, 4.69) is 5.32 Å². The van der Waals surface area contributed by atoms with Gasteiger partial charge in [-0.05, 0) is 38.8 Å². The van der Waals surface area contributed by atoms with E-state index in [-0.39, 0.29) is 30.1 Å². The number of amides is 1. The van der Waals surface area contributed by atoms with Gasteiger partial charge in [0.1, 0.15) is 0 Å². The molecule has 6 heteroatoms. The van der Waals surface area contributed by atoms with Crippen LogP contribution >= 0.6 is 0 Å². The quantitative estimate of drug-likeness (QED) is 0.742. The Bertz CT molecular complexity index is 373. The molecular weight excluding hydrogens is 260 g/mol. The second-order valence-corrected chi connectivity index (χ2v) is 5.79. The third-order valence-corrected chi connectivity index (χ3v) is 3.73. The molecule has 0 spiro atoms. The predicted octanol–water partition coefficient (Wildman–Crippen LogP) is 0.513. The van der Waals surface area contributed by atoms with Crippen molar-refractivity contribution in [3.8, 4) is 0 Å². The minimum atomic E-state index is -0.759. The number of aliphatic carboxylic acids is 1. The third kappa shape index (κ3) is 4.92. The zero-order valence-corrected chi connectivity index (χ0v) is 12.4. The standard InChI is InChI=1S/C14H24N2O4/c1-9(2)13(10(3)17)15-12(18)8-16-6-4-11(5-7-16)14(19)20/h9,11,13H,4-8H2,1-3H3,(H,15,18)(H,19,20). The van der Waals surface area contributed by atoms with Crippen LogP contribution in [0.1, 0.15) is 33.6 Å². The molecule has 0 radical (unpaired) electrons. The van der Waals surface area contributed by atoms with Crippen molar-refractivity contribution in [1.29, 1.82) is 0 Å². The second-order valence-electron chi connectivity index (χ2n) is 5.79. The molecule has 1 saturated heterocycles. The van der Waals surface area contributed by atoms with Crippen molar-refractivity contribution in [3.63, 3.8) is 0 Å². The molecule has 1 unspecified atom stereocenters. The number of piperidine rings is 1. The first-order valence-corrected chi connectivity index (χ1v) is 7.06. The highest BCUT2D eigenvalue weighted by Gasteiger charge is 2.26. The Morgan fingerprint density at radius 2 is 1.80 bits per heavy atom. The number of hydrogen-bond donors (Lipinski definition) is 2. The summed E-state index contributed by atoms with van der Waals surface area (Å²) in [5.41, 5.74) is 0. The molecule has 0 bridgehead atoms. The van der Waals surface area contributed by atoms with Crippen LogP contribution in [0.3, 0.4) is 0 Å². The lowest BCUT2D eigenvalue weighted by Crippen LogP contribution is -2.48. The molecule has 114 valence electrons. The maximum atomic E-state index is 11.9. The van der Waals surface area contributed by atoms with Crippen LogP contribution in [0.4, 0.5) is 0 Å². The lowest BCUT2D eigenvalue weighted by molar-refractivity contribution is -0.143. The van der Waals surface area contributed by atoms with E-state index in [1.807, 2.05) is 18.7 Å². The number of rotatable bonds is 6. The van der Waals surface area contributed by atoms with E-state index in [1.54, 1.807) is 0 Å². The van der Waals surface area contributed by atoms with Crippen molar-refractivity contribution >= 4 is 17.7 Å². The van der Waals surface area contributed by atoms with Crippen LogP contribution < -0.4 is 5.32 Å². The summed E-state index contributed by atoms with van der Waals surface area (Å²) in [4.78, 5) is 36.1. The van der Waals surface area contributed by atoms with Crippen molar-refractivity contribution in [2.45, 2.75) is 39.7 Å². The van der Waals surface area contributed by atoms with Crippen LogP contribution in [0, 0.1) is 11.8 Å². The maximum absolute atomic E-state index is 11.9. The molecule has 1 rings (SSSR count). The molecule has 0 aromatic heterocycles. The Kier molecular flexibility index (Phi) is 6.13. The molecule has 1 amide bonds. The molecule has 1 atom stereocenters. The molecule has 2 N–H and O–H groups in total. The van der Waals surface area contributed by atoms with Gasteiger partial charge in [0.25, 0.3) is 0 Å². The van der Waals surface area contributed by atoms with Gasteiger partial charge in [0, 0.05) is 0 Å². The first-order valence-electron chi connectivity index (χ1n) is 7.06. The first-order chi connectivity index (χ1) is 9.31. The van der Waals surface area contributed by atoms with Crippen LogP contribution in [0.5, 0.6) is 0 Å². The Morgan fingerprint density at radius 1 is 1.25 bits per heavy atom. The highest BCUT2D eigenvalue weighted by Crippen LogP contribution is 2.16. The van der Waals surface area contributed by atoms with Crippen LogP contribution in [0.15, 0.2) is 0 Å². The van der Waals surface area contributed by atoms with Crippen molar-refractivity contribution in [1.82, 2.24) is 10.2 Å². The molecule has 1 aliphatic heterocycles. The maximum Gasteiger partial charge on any atom is 0.306 e. The second kappa shape index (κ2) is 7.38. The number of carbonyl (C=O) groups is 3. The molecule has 0 saturated carbocycles. The third-order valence-electron chi connectivity index (χ3n) is 3.73. The Labute approximate surface area is 119 Å². The van der Waals surface area contributed by atoms with Gasteiger partial charge in [-0.2, -0.15) is 0 Å². The van der Waals surface area contributed by atoms with E-state index in [9.17, 15) is 14.4 Å². The SMILES string of the molecule is CC(=O)C(NC(=O)CN1CCC(C(=O)O)CC1)C(C)C. The monoisotopic (exact) mass is 284 g/mol. The number of nitrogens with zero attached hydrogens (tertiary/aromatic N) is 1. The van der Waals surface area contributed by atoms with E-state index < -0.39 is 12.0 Å². The topological polar surface area (TPSA) is 86.7 Å². The Hall–Kier alpha value is -1.43. The number of nitrogens with one attached hydrogen (secondary N) is 1. The van der Waals surface area contributed by atoms with Gasteiger partial charge >= 0.3 is 5.97 Å². The molecule has 20 heavy (non-hydrogen) atoms. The molecule has 0 aromatic carbocycles. The summed E-state index contributed by atoms with van der Waals surface area (Å²) in [6, 6.07) is -0.445. The Balaban J connectivity index is 2.40. The number of ketones is 1. The summed E-state index contributed by atoms with van der Waals surface area (Å²) in [5.74, 6) is -1.21. The number of carboxylic acids is 1. The van der Waals surface area contributed by atoms with Gasteiger partial charge in [0.05, 0.1) is 18.5 Å². The van der Waals surface area contributed by atoms with E-state index in [0.29, 0.717) is 25.9 Å². The molecule has 1 aliphatic rings. The van der Waals surface area contributed by atoms with Crippen molar-refractivity contribution in [3.05, 3.63) is 0 Å². The fraction of sp³-hybridized carbons (Fsp3) is 0.786. The van der Waals surface area contributed by atoms with E-state index in [1.165, 1.54) is 6.92 Å². The van der Waals surface area contributed by atoms with Crippen LogP contribution in [0.25, 0.3) is 0 Å². The highest BCUT2D eigenvalue weighted by molar-refractivity contribution is 5.88. The van der Waals surface area contributed by atoms with Gasteiger partial charge in [-0.25, -0.2) is 0 Å². The summed E-state index contributed by atoms with van der Waals surface area (Å²) in [6.45, 7) is 6.70. The molecule has 1 heterocycles. The summed E-state index contributed by atoms with van der Waals surface area (Å²) < 4.78 is 0. The smallest absolute Gasteiger partial charge is 0.306 e. The Morgan fingerprint density at radius 3 is 2.20 bits per heavy atom. The summed E-state index contributed by atoms with van der Waals surface area (Å²) in [6.07, 6.45) is 1.14. The molecular formula is C14H24N2O4. The average molecular weight is 284 g/mol. The zero-order chi connectivity index (χ0) is 15.3. The summed E-state index contributed by atoms with van der Waals surface area (Å²) in [5, 5.41) is 11.7. The number of hydrogen-bond acceptors (Lipinski definition) is 4. The van der Waals surface area contributed by atoms with Gasteiger partial charge < -0.3 is 10.4 Å². The van der Waals surface area contributed by atoms with Crippen molar-refractivity contribution in [2.24, 2.45) is 11.8 Å². The minimum Gasteiger partial charge on any atom is -0.481 e. The van der Waals surface area contributed by atoms with E-state index in [0.717, 1.165) is 0 Å². The number of likely N-dealkylation sites (tertiary alicyclic amines) is 1. The van der Waals surface area contributed by atoms with Crippen LogP contribution in [-0.2, 0) is 14.4 Å². The van der Waals surface area contributed by atoms with Crippen molar-refractivity contribution in [2.75, 3.05) is 19.6 Å². The van der Waals surface area contributed by atoms with E-state index >= 15 is 0 Å². The molecule has 0 aliphatic carbocycles. The molecule has 0 aromatic rings. The first kappa shape index (κ1) is 16.6. The van der Waals surface area contributed by atoms with Gasteiger partial charge in [-0.1, -0.05) is 13.8 Å². The van der Waals surface area contributed by atoms with Crippen LogP contribution in [-0.4, -0.2) is 53.3 Å². The van der Waals surface area contributed by atoms with Crippen LogP contribution in [0.2, 0.25) is 0 Å². The number of carbonyl (C=O) groups excluding carboxylic acids is 2. The minimum absolute atomic E-state index is 0.0436. The van der Waals surface area contributed by atoms with Gasteiger partial charge in [-0.15, -0.1) is 0 Å². The lowest BCUT2D eigenvalue weighted by Gasteiger charge is -2.30. The fourth-order valence-electron chi connectivity index (χ4n) is 2.50. The zero-order valence-electron chi connectivity index (χ0n) is 12.4.